The molecule has 0 aliphatic rings. The minimum atomic E-state index is 0.194. The summed E-state index contributed by atoms with van der Waals surface area (Å²) in [7, 11) is 9.53. The Morgan fingerprint density at radius 2 is 1.58 bits per heavy atom. The molecule has 1 heterocycles. The van der Waals surface area contributed by atoms with Gasteiger partial charge in [0, 0.05) is 11.4 Å². The zero-order valence-electron chi connectivity index (χ0n) is 15.1. The van der Waals surface area contributed by atoms with Crippen molar-refractivity contribution in [1.82, 2.24) is 4.98 Å². The summed E-state index contributed by atoms with van der Waals surface area (Å²) < 4.78 is 4.08. The van der Waals surface area contributed by atoms with Gasteiger partial charge in [-0.05, 0) is 45.7 Å². The van der Waals surface area contributed by atoms with Crippen LogP contribution in [0.5, 0.6) is 0 Å². The topological polar surface area (TPSA) is 62.6 Å². The third kappa shape index (κ3) is 6.83. The van der Waals surface area contributed by atoms with E-state index in [0.29, 0.717) is 0 Å². The van der Waals surface area contributed by atoms with E-state index in [1.54, 1.807) is 0 Å². The number of nitrogens with zero attached hydrogens (tertiary/aromatic N) is 4. The van der Waals surface area contributed by atoms with E-state index in [-0.39, 0.29) is 13.1 Å². The van der Waals surface area contributed by atoms with Crippen molar-refractivity contribution in [2.24, 2.45) is 9.39 Å². The average Bonchev–Trinajstić information content (AvgIpc) is 3.06. The number of aromatic nitrogens is 1. The van der Waals surface area contributed by atoms with Crippen molar-refractivity contribution in [2.75, 3.05) is 0 Å². The van der Waals surface area contributed by atoms with Crippen LogP contribution in [0.15, 0.2) is 33.7 Å². The standard InChI is InChI=1S/C18H19N4S.2ClH.Fe/c1-11-8-12(2)18(13(3)9-11)20-14(4)16-6-7-17(21-16)15(5)22-23-10-19;;;/h6-9H,1-5H3;2*1H;/q-1;;;+3/p-2/b20-14?,22-15+;;;. The van der Waals surface area contributed by atoms with Gasteiger partial charge in [0.1, 0.15) is 0 Å². The molecule has 0 radical (unpaired) electrons. The molecule has 0 aliphatic carbocycles. The number of aliphatic imine (C=N–C) groups is 1. The Morgan fingerprint density at radius 3 is 2.08 bits per heavy atom. The van der Waals surface area contributed by atoms with Crippen LogP contribution in [0.4, 0.5) is 5.69 Å². The molecule has 0 bridgehead atoms. The van der Waals surface area contributed by atoms with Crippen molar-refractivity contribution >= 4 is 49.3 Å². The fourth-order valence-electron chi connectivity index (χ4n) is 2.47. The number of hydrogen-bond donors (Lipinski definition) is 0. The summed E-state index contributed by atoms with van der Waals surface area (Å²) in [5.41, 5.74) is 7.78. The van der Waals surface area contributed by atoms with Crippen molar-refractivity contribution in [3.05, 3.63) is 52.3 Å². The molecule has 0 saturated carbocycles. The Kier molecular flexibility index (Phi) is 10.1. The summed E-state index contributed by atoms with van der Waals surface area (Å²) in [4.78, 5) is 9.31. The molecule has 0 N–H and O–H groups in total. The number of nitriles is 1. The molecule has 0 unspecified atom stereocenters. The van der Waals surface area contributed by atoms with Crippen LogP contribution in [-0.2, 0) is 13.1 Å². The van der Waals surface area contributed by atoms with Crippen molar-refractivity contribution in [2.45, 2.75) is 34.6 Å². The predicted molar refractivity (Wildman–Crippen MR) is 109 cm³/mol. The average molecular weight is 450 g/mol. The molecule has 0 amide bonds. The quantitative estimate of drug-likeness (QED) is 0.248. The maximum absolute atomic E-state index is 8.56. The van der Waals surface area contributed by atoms with Gasteiger partial charge in [-0.25, -0.2) is 4.40 Å². The van der Waals surface area contributed by atoms with Crippen LogP contribution in [0, 0.1) is 31.4 Å². The molecule has 26 heavy (non-hydrogen) atoms. The van der Waals surface area contributed by atoms with E-state index in [9.17, 15) is 0 Å². The number of hydrogen-bond acceptors (Lipinski definition) is 4. The van der Waals surface area contributed by atoms with Gasteiger partial charge in [0.15, 0.2) is 5.40 Å². The molecule has 2 rings (SSSR count). The van der Waals surface area contributed by atoms with Gasteiger partial charge >= 0.3 is 33.3 Å². The van der Waals surface area contributed by atoms with E-state index in [1.807, 2.05) is 31.4 Å². The van der Waals surface area contributed by atoms with Crippen LogP contribution in [-0.4, -0.2) is 11.4 Å². The van der Waals surface area contributed by atoms with Gasteiger partial charge in [-0.1, -0.05) is 29.8 Å². The summed E-state index contributed by atoms with van der Waals surface area (Å²) in [6.45, 7) is 10.0. The Morgan fingerprint density at radius 1 is 1.08 bits per heavy atom. The monoisotopic (exact) mass is 449 g/mol. The molecule has 0 aliphatic heterocycles. The minimum absolute atomic E-state index is 0.194. The molecule has 0 saturated heterocycles. The number of halogens is 2. The van der Waals surface area contributed by atoms with Crippen LogP contribution in [0.3, 0.4) is 0 Å². The van der Waals surface area contributed by atoms with E-state index in [1.165, 1.54) is 5.56 Å². The fraction of sp³-hybridized carbons (Fsp3) is 0.278. The summed E-state index contributed by atoms with van der Waals surface area (Å²) in [6.07, 6.45) is 0. The van der Waals surface area contributed by atoms with Crippen LogP contribution < -0.4 is 4.98 Å². The Bertz CT molecular complexity index is 830. The van der Waals surface area contributed by atoms with Gasteiger partial charge in [-0.2, -0.15) is 5.26 Å². The molecular formula is C18H19Cl2FeN4S. The number of benzene rings is 1. The molecular weight excluding hydrogens is 431 g/mol. The third-order valence-corrected chi connectivity index (χ3v) is 3.97. The Balaban J connectivity index is 0.00000105. The summed E-state index contributed by atoms with van der Waals surface area (Å²) >= 11 is 1.05. The summed E-state index contributed by atoms with van der Waals surface area (Å²) in [5.74, 6) is 0. The second-order valence-corrected chi connectivity index (χ2v) is 7.94. The van der Waals surface area contributed by atoms with Gasteiger partial charge in [0.25, 0.3) is 0 Å². The normalized spacial score (nSPS) is 11.6. The maximum atomic E-state index is 8.56. The first-order valence-electron chi connectivity index (χ1n) is 7.56. The SMILES string of the molecule is CC(=Nc1c(C)cc(C)cc1C)c1ccc(/C(C)=N/SC#N)[n-]1.[Cl][Fe+][Cl]. The summed E-state index contributed by atoms with van der Waals surface area (Å²) in [5, 5.41) is 10.5. The van der Waals surface area contributed by atoms with Crippen molar-refractivity contribution < 1.29 is 13.1 Å². The van der Waals surface area contributed by atoms with Crippen molar-refractivity contribution in [1.29, 1.82) is 5.26 Å². The first-order valence-corrected chi connectivity index (χ1v) is 11.4. The third-order valence-electron chi connectivity index (χ3n) is 3.52. The second kappa shape index (κ2) is 11.5. The van der Waals surface area contributed by atoms with Gasteiger partial charge < -0.3 is 4.98 Å². The zero-order chi connectivity index (χ0) is 19.7. The predicted octanol–water partition coefficient (Wildman–Crippen LogP) is 6.02. The van der Waals surface area contributed by atoms with Crippen LogP contribution >= 0.6 is 32.1 Å². The second-order valence-electron chi connectivity index (χ2n) is 5.57. The number of rotatable bonds is 4. The van der Waals surface area contributed by atoms with Crippen LogP contribution in [0.25, 0.3) is 0 Å². The molecule has 1 aromatic carbocycles. The molecule has 139 valence electrons. The van der Waals surface area contributed by atoms with Crippen molar-refractivity contribution in [3.63, 3.8) is 0 Å². The molecule has 1 aromatic heterocycles. The number of thiocyanates is 1. The molecule has 0 spiro atoms. The van der Waals surface area contributed by atoms with Crippen LogP contribution in [0.1, 0.15) is 41.9 Å². The first kappa shape index (κ1) is 22.8. The molecule has 4 nitrogen and oxygen atoms in total. The van der Waals surface area contributed by atoms with Crippen LogP contribution in [0.2, 0.25) is 0 Å². The molecule has 0 fully saturated rings. The number of aryl methyl sites for hydroxylation is 3. The Hall–Kier alpha value is -1.22. The van der Waals surface area contributed by atoms with Gasteiger partial charge in [0.2, 0.25) is 0 Å². The molecule has 0 atom stereocenters. The molecule has 8 heteroatoms. The van der Waals surface area contributed by atoms with Gasteiger partial charge in [-0.3, -0.25) is 4.99 Å². The van der Waals surface area contributed by atoms with E-state index in [0.717, 1.165) is 51.6 Å². The zero-order valence-corrected chi connectivity index (χ0v) is 18.5. The Labute approximate surface area is 173 Å². The van der Waals surface area contributed by atoms with E-state index in [2.05, 4.69) is 42.3 Å². The van der Waals surface area contributed by atoms with E-state index < -0.39 is 0 Å². The first-order chi connectivity index (χ1) is 12.3. The molecule has 2 aromatic rings. The van der Waals surface area contributed by atoms with E-state index in [4.69, 9.17) is 30.5 Å². The van der Waals surface area contributed by atoms with Gasteiger partial charge in [-0.15, -0.1) is 11.4 Å². The van der Waals surface area contributed by atoms with Gasteiger partial charge in [0.05, 0.1) is 17.6 Å². The fourth-order valence-corrected chi connectivity index (χ4v) is 2.75. The van der Waals surface area contributed by atoms with Crippen molar-refractivity contribution in [3.8, 4) is 5.40 Å². The van der Waals surface area contributed by atoms with E-state index >= 15 is 0 Å². The summed E-state index contributed by atoms with van der Waals surface area (Å²) in [6, 6.07) is 8.11.